The number of nitrogens with zero attached hydrogens (tertiary/aromatic N) is 2. The Morgan fingerprint density at radius 2 is 2.25 bits per heavy atom. The van der Waals surface area contributed by atoms with Crippen molar-refractivity contribution in [1.29, 1.82) is 0 Å². The maximum Gasteiger partial charge on any atom is 0.148 e. The fourth-order valence-electron chi connectivity index (χ4n) is 1.43. The molecule has 0 aliphatic heterocycles. The van der Waals surface area contributed by atoms with Crippen molar-refractivity contribution in [2.24, 2.45) is 7.05 Å². The van der Waals surface area contributed by atoms with Gasteiger partial charge in [-0.15, -0.1) is 0 Å². The van der Waals surface area contributed by atoms with Gasteiger partial charge in [0.15, 0.2) is 0 Å². The lowest BCUT2D eigenvalue weighted by Gasteiger charge is -2.06. The molecule has 0 spiro atoms. The minimum Gasteiger partial charge on any atom is -0.399 e. The van der Waals surface area contributed by atoms with E-state index in [1.165, 1.54) is 0 Å². The van der Waals surface area contributed by atoms with Crippen LogP contribution < -0.4 is 11.1 Å². The topological polar surface area (TPSA) is 55.9 Å². The summed E-state index contributed by atoms with van der Waals surface area (Å²) in [4.78, 5) is 0. The Morgan fingerprint density at radius 1 is 1.44 bits per heavy atom. The predicted molar refractivity (Wildman–Crippen MR) is 69.1 cm³/mol. The zero-order chi connectivity index (χ0) is 11.5. The Labute approximate surface area is 103 Å². The van der Waals surface area contributed by atoms with Crippen LogP contribution in [0.4, 0.5) is 11.5 Å². The first kappa shape index (κ1) is 11.0. The van der Waals surface area contributed by atoms with Crippen LogP contribution in [-0.2, 0) is 13.6 Å². The molecule has 1 aromatic carbocycles. The monoisotopic (exact) mass is 280 g/mol. The summed E-state index contributed by atoms with van der Waals surface area (Å²) in [7, 11) is 1.89. The lowest BCUT2D eigenvalue weighted by molar-refractivity contribution is 0.768. The molecule has 0 atom stereocenters. The highest BCUT2D eigenvalue weighted by Gasteiger charge is 2.01. The molecule has 0 unspecified atom stereocenters. The van der Waals surface area contributed by atoms with Crippen molar-refractivity contribution in [3.05, 3.63) is 40.5 Å². The molecule has 0 bridgehead atoms. The van der Waals surface area contributed by atoms with Crippen molar-refractivity contribution >= 4 is 27.4 Å². The summed E-state index contributed by atoms with van der Waals surface area (Å²) < 4.78 is 2.81. The molecule has 3 N–H and O–H groups in total. The van der Waals surface area contributed by atoms with Crippen LogP contribution in [0.15, 0.2) is 34.9 Å². The summed E-state index contributed by atoms with van der Waals surface area (Å²) >= 11 is 3.49. The van der Waals surface area contributed by atoms with Gasteiger partial charge in [-0.2, -0.15) is 5.10 Å². The first-order valence-electron chi connectivity index (χ1n) is 4.92. The van der Waals surface area contributed by atoms with E-state index < -0.39 is 0 Å². The quantitative estimate of drug-likeness (QED) is 0.849. The molecule has 0 radical (unpaired) electrons. The average Bonchev–Trinajstić information content (AvgIpc) is 2.66. The molecule has 0 fully saturated rings. The largest absolute Gasteiger partial charge is 0.399 e. The van der Waals surface area contributed by atoms with Gasteiger partial charge in [0.1, 0.15) is 5.82 Å². The number of halogens is 1. The minimum absolute atomic E-state index is 0.697. The Balaban J connectivity index is 2.07. The van der Waals surface area contributed by atoms with Crippen LogP contribution in [0.5, 0.6) is 0 Å². The third-order valence-corrected chi connectivity index (χ3v) is 3.02. The number of aryl methyl sites for hydroxylation is 1. The highest BCUT2D eigenvalue weighted by Crippen LogP contribution is 2.20. The highest BCUT2D eigenvalue weighted by molar-refractivity contribution is 9.10. The van der Waals surface area contributed by atoms with Crippen molar-refractivity contribution in [2.75, 3.05) is 11.1 Å². The Hall–Kier alpha value is -1.49. The van der Waals surface area contributed by atoms with Crippen molar-refractivity contribution in [3.8, 4) is 0 Å². The lowest BCUT2D eigenvalue weighted by atomic mass is 10.2. The smallest absolute Gasteiger partial charge is 0.148 e. The van der Waals surface area contributed by atoms with E-state index in [1.807, 2.05) is 37.5 Å². The zero-order valence-corrected chi connectivity index (χ0v) is 10.5. The molecule has 1 heterocycles. The summed E-state index contributed by atoms with van der Waals surface area (Å²) in [6, 6.07) is 7.69. The molecule has 16 heavy (non-hydrogen) atoms. The maximum absolute atomic E-state index is 5.73. The molecule has 0 saturated carbocycles. The Kier molecular flexibility index (Phi) is 3.14. The molecule has 0 amide bonds. The van der Waals surface area contributed by atoms with Crippen molar-refractivity contribution in [2.45, 2.75) is 6.54 Å². The predicted octanol–water partition coefficient (Wildman–Crippen LogP) is 2.38. The van der Waals surface area contributed by atoms with Gasteiger partial charge in [0, 0.05) is 36.0 Å². The van der Waals surface area contributed by atoms with Crippen LogP contribution in [0.3, 0.4) is 0 Å². The molecule has 1 aromatic heterocycles. The van der Waals surface area contributed by atoms with E-state index in [0.717, 1.165) is 21.5 Å². The minimum atomic E-state index is 0.697. The Morgan fingerprint density at radius 3 is 2.94 bits per heavy atom. The number of hydrogen-bond acceptors (Lipinski definition) is 3. The lowest BCUT2D eigenvalue weighted by Crippen LogP contribution is -2.02. The third kappa shape index (κ3) is 2.55. The molecule has 84 valence electrons. The molecular weight excluding hydrogens is 268 g/mol. The fraction of sp³-hybridized carbons (Fsp3) is 0.182. The zero-order valence-electron chi connectivity index (χ0n) is 8.94. The second kappa shape index (κ2) is 4.57. The molecule has 2 aromatic rings. The van der Waals surface area contributed by atoms with Gasteiger partial charge in [0.05, 0.1) is 0 Å². The normalized spacial score (nSPS) is 10.4. The first-order valence-corrected chi connectivity index (χ1v) is 5.72. The summed E-state index contributed by atoms with van der Waals surface area (Å²) in [5, 5.41) is 7.47. The second-order valence-electron chi connectivity index (χ2n) is 3.58. The number of anilines is 2. The van der Waals surface area contributed by atoms with Gasteiger partial charge in [0.2, 0.25) is 0 Å². The van der Waals surface area contributed by atoms with Crippen LogP contribution in [0.2, 0.25) is 0 Å². The van der Waals surface area contributed by atoms with E-state index in [9.17, 15) is 0 Å². The van der Waals surface area contributed by atoms with E-state index in [0.29, 0.717) is 6.54 Å². The van der Waals surface area contributed by atoms with Gasteiger partial charge in [-0.1, -0.05) is 15.9 Å². The van der Waals surface area contributed by atoms with Gasteiger partial charge in [-0.25, -0.2) is 0 Å². The van der Waals surface area contributed by atoms with E-state index in [1.54, 1.807) is 4.68 Å². The summed E-state index contributed by atoms with van der Waals surface area (Å²) in [5.41, 5.74) is 7.61. The van der Waals surface area contributed by atoms with Gasteiger partial charge in [-0.3, -0.25) is 4.68 Å². The SMILES string of the molecule is Cn1ccc(NCc2cc(N)ccc2Br)n1. The number of nitrogens with two attached hydrogens (primary N) is 1. The number of hydrogen-bond donors (Lipinski definition) is 2. The van der Waals surface area contributed by atoms with Crippen LogP contribution in [-0.4, -0.2) is 9.78 Å². The maximum atomic E-state index is 5.73. The molecule has 0 aliphatic carbocycles. The van der Waals surface area contributed by atoms with E-state index in [4.69, 9.17) is 5.73 Å². The van der Waals surface area contributed by atoms with Gasteiger partial charge in [0.25, 0.3) is 0 Å². The fourth-order valence-corrected chi connectivity index (χ4v) is 1.81. The average molecular weight is 281 g/mol. The molecule has 2 rings (SSSR count). The van der Waals surface area contributed by atoms with E-state index in [2.05, 4.69) is 26.3 Å². The molecular formula is C11H13BrN4. The summed E-state index contributed by atoms with van der Waals surface area (Å²) in [5.74, 6) is 0.858. The third-order valence-electron chi connectivity index (χ3n) is 2.24. The highest BCUT2D eigenvalue weighted by atomic mass is 79.9. The molecule has 4 nitrogen and oxygen atoms in total. The van der Waals surface area contributed by atoms with Crippen LogP contribution in [0, 0.1) is 0 Å². The van der Waals surface area contributed by atoms with E-state index >= 15 is 0 Å². The second-order valence-corrected chi connectivity index (χ2v) is 4.43. The van der Waals surface area contributed by atoms with Crippen LogP contribution in [0.1, 0.15) is 5.56 Å². The number of nitrogens with one attached hydrogen (secondary N) is 1. The van der Waals surface area contributed by atoms with Gasteiger partial charge >= 0.3 is 0 Å². The Bertz CT molecular complexity index is 492. The van der Waals surface area contributed by atoms with Crippen molar-refractivity contribution < 1.29 is 0 Å². The van der Waals surface area contributed by atoms with Gasteiger partial charge < -0.3 is 11.1 Å². The van der Waals surface area contributed by atoms with Crippen molar-refractivity contribution in [1.82, 2.24) is 9.78 Å². The molecule has 0 aliphatic rings. The van der Waals surface area contributed by atoms with E-state index in [-0.39, 0.29) is 0 Å². The van der Waals surface area contributed by atoms with Crippen molar-refractivity contribution in [3.63, 3.8) is 0 Å². The van der Waals surface area contributed by atoms with Gasteiger partial charge in [-0.05, 0) is 23.8 Å². The number of rotatable bonds is 3. The standard InChI is InChI=1S/C11H13BrN4/c1-16-5-4-11(15-16)14-7-8-6-9(13)2-3-10(8)12/h2-6H,7,13H2,1H3,(H,14,15). The van der Waals surface area contributed by atoms with Crippen LogP contribution >= 0.6 is 15.9 Å². The number of benzene rings is 1. The summed E-state index contributed by atoms with van der Waals surface area (Å²) in [6.07, 6.45) is 1.90. The molecule has 0 saturated heterocycles. The van der Waals surface area contributed by atoms with Crippen LogP contribution in [0.25, 0.3) is 0 Å². The number of nitrogen functional groups attached to an aromatic ring is 1. The first-order chi connectivity index (χ1) is 7.65. The summed E-state index contributed by atoms with van der Waals surface area (Å²) in [6.45, 7) is 0.697. The molecule has 5 heteroatoms. The number of aromatic nitrogens is 2.